The number of esters is 1. The predicted octanol–water partition coefficient (Wildman–Crippen LogP) is 3.86. The maximum absolute atomic E-state index is 12.8. The first kappa shape index (κ1) is 24.6. The third-order valence-corrected chi connectivity index (χ3v) is 6.54. The molecule has 1 atom stereocenters. The van der Waals surface area contributed by atoms with E-state index in [1.165, 1.54) is 0 Å². The van der Waals surface area contributed by atoms with E-state index in [-0.39, 0.29) is 29.7 Å². The van der Waals surface area contributed by atoms with Gasteiger partial charge in [0.15, 0.2) is 0 Å². The number of hydrogen-bond donors (Lipinski definition) is 2. The summed E-state index contributed by atoms with van der Waals surface area (Å²) in [5.74, 6) is -0.285. The number of aromatic amines is 1. The maximum Gasteiger partial charge on any atom is 0.355 e. The van der Waals surface area contributed by atoms with Crippen molar-refractivity contribution in [2.45, 2.75) is 59.4 Å². The first-order chi connectivity index (χ1) is 15.8. The Kier molecular flexibility index (Phi) is 8.31. The molecule has 0 aliphatic carbocycles. The van der Waals surface area contributed by atoms with Crippen molar-refractivity contribution < 1.29 is 19.1 Å². The summed E-state index contributed by atoms with van der Waals surface area (Å²) in [6, 6.07) is 9.88. The number of nitrogens with one attached hydrogen (secondary N) is 2. The Hall–Kier alpha value is -3.09. The molecule has 178 valence electrons. The summed E-state index contributed by atoms with van der Waals surface area (Å²) < 4.78 is 5.10. The molecule has 2 aromatic rings. The lowest BCUT2D eigenvalue weighted by Gasteiger charge is -2.32. The van der Waals surface area contributed by atoms with Crippen molar-refractivity contribution in [1.29, 1.82) is 0 Å². The fourth-order valence-electron chi connectivity index (χ4n) is 4.51. The molecule has 1 aromatic carbocycles. The standard InChI is InChI=1S/C26H35N3O4/c1-5-33-26(32)24-17(2)22(19(4)27-24)11-12-23(30)29-15-13-21(14-16-29)25(31)28-18(3)20-9-7-6-8-10-20/h6-10,18,21,27H,5,11-16H2,1-4H3,(H,28,31)/t18-/m0/s1. The van der Waals surface area contributed by atoms with Crippen molar-refractivity contribution in [2.24, 2.45) is 5.92 Å². The lowest BCUT2D eigenvalue weighted by Crippen LogP contribution is -2.43. The SMILES string of the molecule is CCOC(=O)c1[nH]c(C)c(CCC(=O)N2CCC(C(=O)N[C@@H](C)c3ccccc3)CC2)c1C. The average Bonchev–Trinajstić information content (AvgIpc) is 3.11. The molecular formula is C26H35N3O4. The molecule has 0 radical (unpaired) electrons. The van der Waals surface area contributed by atoms with Gasteiger partial charge in [-0.2, -0.15) is 0 Å². The van der Waals surface area contributed by atoms with Gasteiger partial charge in [0, 0.05) is 31.1 Å². The molecule has 2 heterocycles. The number of carbonyl (C=O) groups is 3. The zero-order chi connectivity index (χ0) is 24.0. The van der Waals surface area contributed by atoms with E-state index >= 15 is 0 Å². The van der Waals surface area contributed by atoms with E-state index in [1.54, 1.807) is 6.92 Å². The Balaban J connectivity index is 1.48. The Labute approximate surface area is 195 Å². The van der Waals surface area contributed by atoms with E-state index < -0.39 is 0 Å². The van der Waals surface area contributed by atoms with Gasteiger partial charge in [-0.05, 0) is 63.6 Å². The summed E-state index contributed by atoms with van der Waals surface area (Å²) in [6.45, 7) is 9.07. The van der Waals surface area contributed by atoms with Crippen molar-refractivity contribution in [1.82, 2.24) is 15.2 Å². The first-order valence-corrected chi connectivity index (χ1v) is 11.8. The van der Waals surface area contributed by atoms with Gasteiger partial charge in [-0.3, -0.25) is 9.59 Å². The molecule has 7 nitrogen and oxygen atoms in total. The average molecular weight is 454 g/mol. The summed E-state index contributed by atoms with van der Waals surface area (Å²) in [5, 5.41) is 3.11. The summed E-state index contributed by atoms with van der Waals surface area (Å²) in [7, 11) is 0. The third kappa shape index (κ3) is 6.03. The van der Waals surface area contributed by atoms with Crippen molar-refractivity contribution in [3.8, 4) is 0 Å². The number of carbonyl (C=O) groups excluding carboxylic acids is 3. The van der Waals surface area contributed by atoms with Gasteiger partial charge in [0.25, 0.3) is 0 Å². The zero-order valence-corrected chi connectivity index (χ0v) is 20.1. The van der Waals surface area contributed by atoms with Crippen molar-refractivity contribution >= 4 is 17.8 Å². The highest BCUT2D eigenvalue weighted by molar-refractivity contribution is 5.90. The van der Waals surface area contributed by atoms with Gasteiger partial charge in [0.2, 0.25) is 11.8 Å². The molecule has 0 bridgehead atoms. The van der Waals surface area contributed by atoms with Crippen molar-refractivity contribution in [2.75, 3.05) is 19.7 Å². The molecule has 0 spiro atoms. The highest BCUT2D eigenvalue weighted by Crippen LogP contribution is 2.23. The molecule has 0 unspecified atom stereocenters. The minimum atomic E-state index is -0.363. The van der Waals surface area contributed by atoms with Crippen LogP contribution in [0.25, 0.3) is 0 Å². The second-order valence-electron chi connectivity index (χ2n) is 8.75. The van der Waals surface area contributed by atoms with E-state index in [0.717, 1.165) is 22.4 Å². The number of H-pyrrole nitrogens is 1. The van der Waals surface area contributed by atoms with Gasteiger partial charge in [0.1, 0.15) is 5.69 Å². The van der Waals surface area contributed by atoms with E-state index in [9.17, 15) is 14.4 Å². The largest absolute Gasteiger partial charge is 0.461 e. The van der Waals surface area contributed by atoms with Crippen molar-refractivity contribution in [3.63, 3.8) is 0 Å². The van der Waals surface area contributed by atoms with E-state index in [2.05, 4.69) is 10.3 Å². The lowest BCUT2D eigenvalue weighted by molar-refractivity contribution is -0.135. The molecule has 3 rings (SSSR count). The molecule has 2 N–H and O–H groups in total. The summed E-state index contributed by atoms with van der Waals surface area (Å²) in [5.41, 5.74) is 4.29. The van der Waals surface area contributed by atoms with Crippen LogP contribution in [0.4, 0.5) is 0 Å². The van der Waals surface area contributed by atoms with Crippen LogP contribution in [-0.4, -0.2) is 47.4 Å². The second-order valence-corrected chi connectivity index (χ2v) is 8.75. The smallest absolute Gasteiger partial charge is 0.355 e. The van der Waals surface area contributed by atoms with Crippen LogP contribution in [0.3, 0.4) is 0 Å². The molecule has 7 heteroatoms. The maximum atomic E-state index is 12.8. The molecule has 1 fully saturated rings. The third-order valence-electron chi connectivity index (χ3n) is 6.54. The fraction of sp³-hybridized carbons (Fsp3) is 0.500. The monoisotopic (exact) mass is 453 g/mol. The Morgan fingerprint density at radius 1 is 1.15 bits per heavy atom. The number of rotatable bonds is 8. The van der Waals surface area contributed by atoms with Crippen LogP contribution in [0.5, 0.6) is 0 Å². The highest BCUT2D eigenvalue weighted by Gasteiger charge is 2.28. The van der Waals surface area contributed by atoms with Crippen LogP contribution < -0.4 is 5.32 Å². The van der Waals surface area contributed by atoms with Crippen LogP contribution >= 0.6 is 0 Å². The van der Waals surface area contributed by atoms with Gasteiger partial charge >= 0.3 is 5.97 Å². The van der Waals surface area contributed by atoms with Gasteiger partial charge in [-0.25, -0.2) is 4.79 Å². The molecule has 2 amide bonds. The van der Waals surface area contributed by atoms with E-state index in [1.807, 2.05) is 56.0 Å². The van der Waals surface area contributed by atoms with Crippen molar-refractivity contribution in [3.05, 3.63) is 58.4 Å². The minimum absolute atomic E-state index is 0.0364. The topological polar surface area (TPSA) is 91.5 Å². The second kappa shape index (κ2) is 11.2. The number of aryl methyl sites for hydroxylation is 1. The molecular weight excluding hydrogens is 418 g/mol. The number of nitrogens with zero attached hydrogens (tertiary/aromatic N) is 1. The number of likely N-dealkylation sites (tertiary alicyclic amines) is 1. The number of aromatic nitrogens is 1. The number of amides is 2. The molecule has 0 saturated carbocycles. The lowest BCUT2D eigenvalue weighted by atomic mass is 9.94. The van der Waals surface area contributed by atoms with E-state index in [0.29, 0.717) is 51.1 Å². The van der Waals surface area contributed by atoms with Gasteiger partial charge in [-0.15, -0.1) is 0 Å². The van der Waals surface area contributed by atoms with Crippen LogP contribution in [0, 0.1) is 19.8 Å². The number of hydrogen-bond acceptors (Lipinski definition) is 4. The van der Waals surface area contributed by atoms with Gasteiger partial charge < -0.3 is 19.9 Å². The molecule has 1 aliphatic rings. The number of ether oxygens (including phenoxy) is 1. The molecule has 1 saturated heterocycles. The summed E-state index contributed by atoms with van der Waals surface area (Å²) >= 11 is 0. The molecule has 1 aromatic heterocycles. The van der Waals surface area contributed by atoms with Crippen LogP contribution in [0.2, 0.25) is 0 Å². The summed E-state index contributed by atoms with van der Waals surface area (Å²) in [4.78, 5) is 42.5. The number of piperidine rings is 1. The first-order valence-electron chi connectivity index (χ1n) is 11.8. The quantitative estimate of drug-likeness (QED) is 0.594. The van der Waals surface area contributed by atoms with E-state index in [4.69, 9.17) is 4.74 Å². The van der Waals surface area contributed by atoms with Gasteiger partial charge in [0.05, 0.1) is 12.6 Å². The predicted molar refractivity (Wildman–Crippen MR) is 127 cm³/mol. The van der Waals surface area contributed by atoms with Gasteiger partial charge in [-0.1, -0.05) is 30.3 Å². The van der Waals surface area contributed by atoms with Crippen LogP contribution in [-0.2, 0) is 20.7 Å². The Morgan fingerprint density at radius 3 is 2.45 bits per heavy atom. The van der Waals surface area contributed by atoms with Crippen LogP contribution in [0.1, 0.15) is 72.0 Å². The normalized spacial score (nSPS) is 15.2. The molecule has 33 heavy (non-hydrogen) atoms. The Morgan fingerprint density at radius 2 is 1.82 bits per heavy atom. The number of benzene rings is 1. The molecule has 1 aliphatic heterocycles. The highest BCUT2D eigenvalue weighted by atomic mass is 16.5. The Bertz CT molecular complexity index is 975. The fourth-order valence-corrected chi connectivity index (χ4v) is 4.51. The summed E-state index contributed by atoms with van der Waals surface area (Å²) in [6.07, 6.45) is 2.30. The zero-order valence-electron chi connectivity index (χ0n) is 20.1. The van der Waals surface area contributed by atoms with Crippen LogP contribution in [0.15, 0.2) is 30.3 Å². The minimum Gasteiger partial charge on any atom is -0.461 e.